The van der Waals surface area contributed by atoms with E-state index in [4.69, 9.17) is 10.5 Å². The number of hydrogen-bond donors (Lipinski definition) is 2. The lowest BCUT2D eigenvalue weighted by atomic mass is 9.95. The molecule has 4 nitrogen and oxygen atoms in total. The molecule has 1 aromatic carbocycles. The van der Waals surface area contributed by atoms with Crippen molar-refractivity contribution in [2.75, 3.05) is 12.8 Å². The maximum Gasteiger partial charge on any atom is 0.339 e. The monoisotopic (exact) mass is 235 g/mol. The van der Waals surface area contributed by atoms with Gasteiger partial charge in [0.2, 0.25) is 0 Å². The molecule has 0 radical (unpaired) electrons. The van der Waals surface area contributed by atoms with Crippen molar-refractivity contribution in [1.29, 1.82) is 0 Å². The molecule has 0 aromatic heterocycles. The third kappa shape index (κ3) is 2.07. The molecule has 0 saturated carbocycles. The Bertz CT molecular complexity index is 454. The van der Waals surface area contributed by atoms with Crippen molar-refractivity contribution < 1.29 is 14.6 Å². The van der Waals surface area contributed by atoms with Crippen LogP contribution in [0, 0.1) is 0 Å². The fourth-order valence-corrected chi connectivity index (χ4v) is 2.53. The Hall–Kier alpha value is -1.71. The molecule has 0 unspecified atom stereocenters. The van der Waals surface area contributed by atoms with Crippen molar-refractivity contribution in [2.45, 2.75) is 32.1 Å². The summed E-state index contributed by atoms with van der Waals surface area (Å²) in [5.74, 6) is -0.648. The van der Waals surface area contributed by atoms with E-state index >= 15 is 0 Å². The van der Waals surface area contributed by atoms with E-state index in [9.17, 15) is 9.90 Å². The van der Waals surface area contributed by atoms with Gasteiger partial charge in [0.05, 0.1) is 12.8 Å². The van der Waals surface area contributed by atoms with Crippen molar-refractivity contribution in [3.63, 3.8) is 0 Å². The highest BCUT2D eigenvalue weighted by atomic mass is 16.5. The van der Waals surface area contributed by atoms with Crippen molar-refractivity contribution in [3.05, 3.63) is 22.8 Å². The highest BCUT2D eigenvalue weighted by molar-refractivity contribution is 5.95. The number of carboxylic acid groups (broad SMARTS) is 1. The molecule has 3 N–H and O–H groups in total. The molecular weight excluding hydrogens is 218 g/mol. The SMILES string of the molecule is COc1c(N)cc2c(c1C(=O)O)CCCCC2. The normalized spacial score (nSPS) is 14.9. The number of methoxy groups -OCH3 is 1. The Kier molecular flexibility index (Phi) is 3.22. The Morgan fingerprint density at radius 3 is 2.71 bits per heavy atom. The summed E-state index contributed by atoms with van der Waals surface area (Å²) in [6.45, 7) is 0. The van der Waals surface area contributed by atoms with Gasteiger partial charge in [0.1, 0.15) is 5.56 Å². The van der Waals surface area contributed by atoms with Crippen LogP contribution in [0.3, 0.4) is 0 Å². The zero-order chi connectivity index (χ0) is 12.4. The zero-order valence-electron chi connectivity index (χ0n) is 9.95. The van der Waals surface area contributed by atoms with Crippen molar-refractivity contribution >= 4 is 11.7 Å². The molecule has 0 heterocycles. The maximum absolute atomic E-state index is 11.4. The Morgan fingerprint density at radius 1 is 1.35 bits per heavy atom. The average Bonchev–Trinajstić information content (AvgIpc) is 2.51. The third-order valence-electron chi connectivity index (χ3n) is 3.30. The zero-order valence-corrected chi connectivity index (χ0v) is 9.95. The summed E-state index contributed by atoms with van der Waals surface area (Å²) < 4.78 is 5.14. The molecule has 0 bridgehead atoms. The molecule has 0 amide bonds. The lowest BCUT2D eigenvalue weighted by Gasteiger charge is -2.15. The van der Waals surface area contributed by atoms with E-state index in [-0.39, 0.29) is 5.56 Å². The molecule has 0 fully saturated rings. The van der Waals surface area contributed by atoms with Crippen molar-refractivity contribution in [3.8, 4) is 5.75 Å². The number of ether oxygens (including phenoxy) is 1. The summed E-state index contributed by atoms with van der Waals surface area (Å²) in [5.41, 5.74) is 8.50. The first kappa shape index (κ1) is 11.8. The molecule has 92 valence electrons. The highest BCUT2D eigenvalue weighted by Gasteiger charge is 2.23. The molecule has 0 saturated heterocycles. The number of aromatic carboxylic acids is 1. The fraction of sp³-hybridized carbons (Fsp3) is 0.462. The minimum absolute atomic E-state index is 0.254. The van der Waals surface area contributed by atoms with Gasteiger partial charge in [-0.1, -0.05) is 6.42 Å². The average molecular weight is 235 g/mol. The predicted molar refractivity (Wildman–Crippen MR) is 65.6 cm³/mol. The molecule has 2 rings (SSSR count). The van der Waals surface area contributed by atoms with Gasteiger partial charge in [0.25, 0.3) is 0 Å². The number of carboxylic acids is 1. The van der Waals surface area contributed by atoms with E-state index in [0.717, 1.165) is 43.2 Å². The lowest BCUT2D eigenvalue weighted by Crippen LogP contribution is -2.10. The number of hydrogen-bond acceptors (Lipinski definition) is 3. The van der Waals surface area contributed by atoms with Gasteiger partial charge in [-0.05, 0) is 42.9 Å². The van der Waals surface area contributed by atoms with E-state index in [1.807, 2.05) is 6.07 Å². The summed E-state index contributed by atoms with van der Waals surface area (Å²) in [7, 11) is 1.46. The maximum atomic E-state index is 11.4. The number of aryl methyl sites for hydroxylation is 1. The van der Waals surface area contributed by atoms with E-state index in [1.54, 1.807) is 0 Å². The summed E-state index contributed by atoms with van der Waals surface area (Å²) in [4.78, 5) is 11.4. The van der Waals surface area contributed by atoms with Gasteiger partial charge in [-0.3, -0.25) is 0 Å². The minimum atomic E-state index is -0.952. The van der Waals surface area contributed by atoms with Crippen LogP contribution in [-0.4, -0.2) is 18.2 Å². The number of carbonyl (C=O) groups is 1. The third-order valence-corrected chi connectivity index (χ3v) is 3.30. The Morgan fingerprint density at radius 2 is 2.06 bits per heavy atom. The van der Waals surface area contributed by atoms with Crippen LogP contribution in [0.5, 0.6) is 5.75 Å². The van der Waals surface area contributed by atoms with Crippen LogP contribution in [-0.2, 0) is 12.8 Å². The Balaban J connectivity index is 2.66. The highest BCUT2D eigenvalue weighted by Crippen LogP contribution is 2.35. The van der Waals surface area contributed by atoms with Gasteiger partial charge in [-0.15, -0.1) is 0 Å². The van der Waals surface area contributed by atoms with E-state index < -0.39 is 5.97 Å². The van der Waals surface area contributed by atoms with Gasteiger partial charge in [0.15, 0.2) is 5.75 Å². The first-order chi connectivity index (χ1) is 8.15. The van der Waals surface area contributed by atoms with Gasteiger partial charge >= 0.3 is 5.97 Å². The number of fused-ring (bicyclic) bond motifs is 1. The second-order valence-corrected chi connectivity index (χ2v) is 4.38. The molecule has 0 spiro atoms. The number of nitrogens with two attached hydrogens (primary N) is 1. The van der Waals surface area contributed by atoms with Gasteiger partial charge in [-0.25, -0.2) is 4.79 Å². The second kappa shape index (κ2) is 4.65. The Labute approximate surface area is 100 Å². The van der Waals surface area contributed by atoms with Crippen LogP contribution < -0.4 is 10.5 Å². The first-order valence-electron chi connectivity index (χ1n) is 5.86. The molecule has 17 heavy (non-hydrogen) atoms. The van der Waals surface area contributed by atoms with Crippen LogP contribution in [0.4, 0.5) is 5.69 Å². The molecular formula is C13H17NO3. The van der Waals surface area contributed by atoms with E-state index in [2.05, 4.69) is 0 Å². The van der Waals surface area contributed by atoms with E-state index in [1.165, 1.54) is 7.11 Å². The molecule has 0 aliphatic heterocycles. The van der Waals surface area contributed by atoms with Crippen LogP contribution in [0.2, 0.25) is 0 Å². The van der Waals surface area contributed by atoms with Gasteiger partial charge in [-0.2, -0.15) is 0 Å². The molecule has 1 aliphatic carbocycles. The quantitative estimate of drug-likeness (QED) is 0.609. The topological polar surface area (TPSA) is 72.5 Å². The summed E-state index contributed by atoms with van der Waals surface area (Å²) >= 11 is 0. The van der Waals surface area contributed by atoms with Crippen LogP contribution in [0.15, 0.2) is 6.07 Å². The largest absolute Gasteiger partial charge is 0.494 e. The fourth-order valence-electron chi connectivity index (χ4n) is 2.53. The van der Waals surface area contributed by atoms with Gasteiger partial charge < -0.3 is 15.6 Å². The minimum Gasteiger partial charge on any atom is -0.494 e. The van der Waals surface area contributed by atoms with Gasteiger partial charge in [0, 0.05) is 0 Å². The predicted octanol–water partition coefficient (Wildman–Crippen LogP) is 2.24. The molecule has 1 aromatic rings. The van der Waals surface area contributed by atoms with Crippen molar-refractivity contribution in [1.82, 2.24) is 0 Å². The standard InChI is InChI=1S/C13H17NO3/c1-17-12-10(14)7-8-5-3-2-4-6-9(8)11(12)13(15)16/h7H,2-6,14H2,1H3,(H,15,16). The summed E-state index contributed by atoms with van der Waals surface area (Å²) in [5, 5.41) is 9.33. The van der Waals surface area contributed by atoms with Crippen LogP contribution in [0.25, 0.3) is 0 Å². The summed E-state index contributed by atoms with van der Waals surface area (Å²) in [6, 6.07) is 1.87. The lowest BCUT2D eigenvalue weighted by molar-refractivity contribution is 0.0692. The molecule has 0 atom stereocenters. The number of rotatable bonds is 2. The smallest absolute Gasteiger partial charge is 0.339 e. The molecule has 1 aliphatic rings. The van der Waals surface area contributed by atoms with Crippen LogP contribution >= 0.6 is 0 Å². The number of anilines is 1. The first-order valence-corrected chi connectivity index (χ1v) is 5.86. The number of benzene rings is 1. The number of nitrogen functional groups attached to an aromatic ring is 1. The second-order valence-electron chi connectivity index (χ2n) is 4.38. The van der Waals surface area contributed by atoms with Crippen molar-refractivity contribution in [2.24, 2.45) is 0 Å². The van der Waals surface area contributed by atoms with E-state index in [0.29, 0.717) is 11.4 Å². The molecule has 4 heteroatoms. The summed E-state index contributed by atoms with van der Waals surface area (Å²) in [6.07, 6.45) is 4.96. The van der Waals surface area contributed by atoms with Crippen LogP contribution in [0.1, 0.15) is 40.7 Å².